The zero-order valence-electron chi connectivity index (χ0n) is 17.4. The van der Waals surface area contributed by atoms with Crippen molar-refractivity contribution in [3.8, 4) is 5.75 Å². The Balaban J connectivity index is 1.66. The molecule has 4 aromatic rings. The highest BCUT2D eigenvalue weighted by Gasteiger charge is 2.29. The summed E-state index contributed by atoms with van der Waals surface area (Å²) in [6, 6.07) is 12.6. The quantitative estimate of drug-likeness (QED) is 0.455. The molecule has 3 heterocycles. The Bertz CT molecular complexity index is 1490. The van der Waals surface area contributed by atoms with Crippen LogP contribution < -0.4 is 20.9 Å². The van der Waals surface area contributed by atoms with E-state index in [0.717, 1.165) is 11.4 Å². The molecule has 0 N–H and O–H groups in total. The fourth-order valence-electron chi connectivity index (χ4n) is 4.06. The molecule has 0 bridgehead atoms. The van der Waals surface area contributed by atoms with Crippen molar-refractivity contribution in [1.29, 1.82) is 0 Å². The lowest BCUT2D eigenvalue weighted by Gasteiger charge is -2.16. The van der Waals surface area contributed by atoms with Gasteiger partial charge < -0.3 is 14.2 Å². The molecule has 0 saturated heterocycles. The van der Waals surface area contributed by atoms with Gasteiger partial charge in [-0.3, -0.25) is 13.9 Å². The lowest BCUT2D eigenvalue weighted by atomic mass is 10.2. The first-order valence-electron chi connectivity index (χ1n) is 9.94. The van der Waals surface area contributed by atoms with Gasteiger partial charge in [0.1, 0.15) is 5.75 Å². The lowest BCUT2D eigenvalue weighted by molar-refractivity contribution is 0.415. The van der Waals surface area contributed by atoms with Crippen LogP contribution in [0.25, 0.3) is 11.2 Å². The predicted molar refractivity (Wildman–Crippen MR) is 125 cm³/mol. The standard InChI is InChI=1S/C22H19Cl2N5O3/c1-26-19-18(20(30)29(22(26)31)12-13-6-7-14(23)10-17(13)24)28-9-8-27(21(28)25-19)15-4-3-5-16(11-15)32-2/h3-7,10-11H,8-9,12H2,1-2H3. The van der Waals surface area contributed by atoms with Gasteiger partial charge in [0.05, 0.1) is 13.7 Å². The molecule has 2 aromatic heterocycles. The number of nitrogens with zero attached hydrogens (tertiary/aromatic N) is 5. The number of ether oxygens (including phenoxy) is 1. The molecule has 10 heteroatoms. The Morgan fingerprint density at radius 1 is 1.09 bits per heavy atom. The van der Waals surface area contributed by atoms with Crippen LogP contribution in [0.4, 0.5) is 11.6 Å². The number of aryl methyl sites for hydroxylation is 1. The topological polar surface area (TPSA) is 74.3 Å². The Kier molecular flexibility index (Phi) is 4.98. The number of halogens is 2. The Hall–Kier alpha value is -3.23. The third kappa shape index (κ3) is 3.18. The molecule has 0 fully saturated rings. The Labute approximate surface area is 192 Å². The molecule has 0 spiro atoms. The summed E-state index contributed by atoms with van der Waals surface area (Å²) >= 11 is 12.3. The van der Waals surface area contributed by atoms with Gasteiger partial charge in [0.15, 0.2) is 11.2 Å². The second-order valence-electron chi connectivity index (χ2n) is 7.56. The van der Waals surface area contributed by atoms with Crippen LogP contribution in [0.1, 0.15) is 5.56 Å². The van der Waals surface area contributed by atoms with Crippen LogP contribution in [0.15, 0.2) is 52.1 Å². The average Bonchev–Trinajstić information content (AvgIpc) is 3.36. The van der Waals surface area contributed by atoms with E-state index in [1.807, 2.05) is 33.7 Å². The van der Waals surface area contributed by atoms with Crippen LogP contribution in [0, 0.1) is 0 Å². The second-order valence-corrected chi connectivity index (χ2v) is 8.40. The molecule has 0 amide bonds. The summed E-state index contributed by atoms with van der Waals surface area (Å²) < 4.78 is 9.77. The molecule has 8 nitrogen and oxygen atoms in total. The molecular formula is C22H19Cl2N5O3. The number of methoxy groups -OCH3 is 1. The molecule has 0 atom stereocenters. The zero-order chi connectivity index (χ0) is 22.6. The summed E-state index contributed by atoms with van der Waals surface area (Å²) in [7, 11) is 3.23. The lowest BCUT2D eigenvalue weighted by Crippen LogP contribution is -2.40. The fraction of sp³-hybridized carbons (Fsp3) is 0.227. The minimum atomic E-state index is -0.460. The maximum absolute atomic E-state index is 13.4. The molecule has 164 valence electrons. The smallest absolute Gasteiger partial charge is 0.332 e. The fourth-order valence-corrected chi connectivity index (χ4v) is 4.53. The number of hydrogen-bond acceptors (Lipinski definition) is 5. The van der Waals surface area contributed by atoms with Crippen molar-refractivity contribution < 1.29 is 4.74 Å². The van der Waals surface area contributed by atoms with Gasteiger partial charge in [0.25, 0.3) is 5.56 Å². The van der Waals surface area contributed by atoms with Crippen LogP contribution in [0.3, 0.4) is 0 Å². The van der Waals surface area contributed by atoms with E-state index in [4.69, 9.17) is 27.9 Å². The molecule has 0 radical (unpaired) electrons. The van der Waals surface area contributed by atoms with Crippen LogP contribution in [-0.2, 0) is 20.1 Å². The number of anilines is 2. The van der Waals surface area contributed by atoms with Crippen LogP contribution in [-0.4, -0.2) is 32.3 Å². The van der Waals surface area contributed by atoms with E-state index >= 15 is 0 Å². The van der Waals surface area contributed by atoms with E-state index in [1.54, 1.807) is 32.4 Å². The van der Waals surface area contributed by atoms with Gasteiger partial charge >= 0.3 is 5.69 Å². The van der Waals surface area contributed by atoms with Crippen molar-refractivity contribution >= 4 is 46.0 Å². The summed E-state index contributed by atoms with van der Waals surface area (Å²) in [6.07, 6.45) is 0. The van der Waals surface area contributed by atoms with Crippen LogP contribution in [0.2, 0.25) is 10.0 Å². The number of imidazole rings is 1. The Morgan fingerprint density at radius 3 is 2.66 bits per heavy atom. The molecule has 0 saturated carbocycles. The van der Waals surface area contributed by atoms with Crippen molar-refractivity contribution in [2.24, 2.45) is 7.05 Å². The molecule has 5 rings (SSSR count). The third-order valence-corrected chi connectivity index (χ3v) is 6.30. The first kappa shape index (κ1) is 20.7. The summed E-state index contributed by atoms with van der Waals surface area (Å²) in [5.41, 5.74) is 1.41. The van der Waals surface area contributed by atoms with Gasteiger partial charge in [-0.1, -0.05) is 35.3 Å². The van der Waals surface area contributed by atoms with Crippen molar-refractivity contribution in [1.82, 2.24) is 18.7 Å². The molecule has 0 unspecified atom stereocenters. The summed E-state index contributed by atoms with van der Waals surface area (Å²) in [5.74, 6) is 1.34. The van der Waals surface area contributed by atoms with E-state index in [0.29, 0.717) is 45.8 Å². The van der Waals surface area contributed by atoms with Crippen LogP contribution in [0.5, 0.6) is 5.75 Å². The number of benzene rings is 2. The third-order valence-electron chi connectivity index (χ3n) is 5.71. The summed E-state index contributed by atoms with van der Waals surface area (Å²) in [6.45, 7) is 1.26. The highest BCUT2D eigenvalue weighted by molar-refractivity contribution is 6.35. The van der Waals surface area contributed by atoms with Crippen molar-refractivity contribution in [3.63, 3.8) is 0 Å². The minimum absolute atomic E-state index is 0.0392. The molecule has 1 aliphatic rings. The summed E-state index contributed by atoms with van der Waals surface area (Å²) in [5, 5.41) is 0.884. The largest absolute Gasteiger partial charge is 0.497 e. The molecule has 2 aromatic carbocycles. The second kappa shape index (κ2) is 7.72. The highest BCUT2D eigenvalue weighted by atomic mass is 35.5. The molecular weight excluding hydrogens is 453 g/mol. The van der Waals surface area contributed by atoms with Crippen molar-refractivity contribution in [2.75, 3.05) is 18.6 Å². The first-order valence-corrected chi connectivity index (χ1v) is 10.7. The predicted octanol–water partition coefficient (Wildman–Crippen LogP) is 3.41. The molecule has 32 heavy (non-hydrogen) atoms. The maximum Gasteiger partial charge on any atom is 0.332 e. The van der Waals surface area contributed by atoms with E-state index in [2.05, 4.69) is 4.98 Å². The van der Waals surface area contributed by atoms with Gasteiger partial charge in [-0.25, -0.2) is 4.79 Å². The summed E-state index contributed by atoms with van der Waals surface area (Å²) in [4.78, 5) is 33.1. The molecule has 1 aliphatic heterocycles. The number of fused-ring (bicyclic) bond motifs is 3. The van der Waals surface area contributed by atoms with Crippen molar-refractivity contribution in [3.05, 3.63) is 78.9 Å². The zero-order valence-corrected chi connectivity index (χ0v) is 18.9. The number of hydrogen-bond donors (Lipinski definition) is 0. The SMILES string of the molecule is COc1cccc(N2CCn3c2nc2c3c(=O)n(Cc3ccc(Cl)cc3Cl)c(=O)n2C)c1. The average molecular weight is 472 g/mol. The van der Waals surface area contributed by atoms with E-state index in [1.165, 1.54) is 9.13 Å². The first-order chi connectivity index (χ1) is 15.4. The Morgan fingerprint density at radius 2 is 1.91 bits per heavy atom. The minimum Gasteiger partial charge on any atom is -0.497 e. The van der Waals surface area contributed by atoms with Gasteiger partial charge in [0.2, 0.25) is 5.95 Å². The van der Waals surface area contributed by atoms with Crippen molar-refractivity contribution in [2.45, 2.75) is 13.1 Å². The number of aromatic nitrogens is 4. The van der Waals surface area contributed by atoms with Gasteiger partial charge in [0, 0.05) is 41.9 Å². The van der Waals surface area contributed by atoms with Gasteiger partial charge in [-0.15, -0.1) is 0 Å². The van der Waals surface area contributed by atoms with E-state index in [9.17, 15) is 9.59 Å². The number of rotatable bonds is 4. The normalized spacial score (nSPS) is 13.1. The molecule has 0 aliphatic carbocycles. The van der Waals surface area contributed by atoms with Gasteiger partial charge in [-0.05, 0) is 29.8 Å². The van der Waals surface area contributed by atoms with E-state index < -0.39 is 11.2 Å². The van der Waals surface area contributed by atoms with Crippen LogP contribution >= 0.6 is 23.2 Å². The van der Waals surface area contributed by atoms with E-state index in [-0.39, 0.29) is 6.54 Å². The highest BCUT2D eigenvalue weighted by Crippen LogP contribution is 2.33. The van der Waals surface area contributed by atoms with Gasteiger partial charge in [-0.2, -0.15) is 4.98 Å². The monoisotopic (exact) mass is 471 g/mol. The maximum atomic E-state index is 13.4.